The quantitative estimate of drug-likeness (QED) is 0.755. The zero-order chi connectivity index (χ0) is 12.8. The van der Waals surface area contributed by atoms with Gasteiger partial charge in [-0.3, -0.25) is 4.68 Å². The average Bonchev–Trinajstić information content (AvgIpc) is 2.54. The Morgan fingerprint density at radius 1 is 1.29 bits per heavy atom. The Bertz CT molecular complexity index is 330. The molecule has 0 bridgehead atoms. The van der Waals surface area contributed by atoms with E-state index in [2.05, 4.69) is 42.6 Å². The van der Waals surface area contributed by atoms with Crippen molar-refractivity contribution >= 4 is 0 Å². The van der Waals surface area contributed by atoms with Crippen LogP contribution in [0.1, 0.15) is 32.2 Å². The number of hydrogen-bond acceptors (Lipinski definition) is 3. The Kier molecular flexibility index (Phi) is 5.65. The summed E-state index contributed by atoms with van der Waals surface area (Å²) in [5.41, 5.74) is 2.31. The molecule has 4 heteroatoms. The van der Waals surface area contributed by atoms with Crippen LogP contribution in [0.3, 0.4) is 0 Å². The fraction of sp³-hybridized carbons (Fsp3) is 0.769. The largest absolute Gasteiger partial charge is 0.315 e. The maximum atomic E-state index is 4.34. The number of hydrogen-bond donors (Lipinski definition) is 2. The van der Waals surface area contributed by atoms with E-state index in [1.165, 1.54) is 5.69 Å². The van der Waals surface area contributed by atoms with E-state index < -0.39 is 0 Å². The molecule has 1 heterocycles. The van der Waals surface area contributed by atoms with Gasteiger partial charge in [-0.25, -0.2) is 0 Å². The Balaban J connectivity index is 2.23. The Labute approximate surface area is 105 Å². The van der Waals surface area contributed by atoms with Gasteiger partial charge in [-0.2, -0.15) is 5.10 Å². The van der Waals surface area contributed by atoms with E-state index >= 15 is 0 Å². The second-order valence-electron chi connectivity index (χ2n) is 5.23. The van der Waals surface area contributed by atoms with Gasteiger partial charge in [0.15, 0.2) is 0 Å². The zero-order valence-electron chi connectivity index (χ0n) is 11.7. The first kappa shape index (κ1) is 14.2. The van der Waals surface area contributed by atoms with Crippen molar-refractivity contribution in [1.29, 1.82) is 0 Å². The molecule has 0 aliphatic rings. The first-order chi connectivity index (χ1) is 7.99. The Morgan fingerprint density at radius 2 is 2.00 bits per heavy atom. The van der Waals surface area contributed by atoms with Crippen LogP contribution in [-0.2, 0) is 13.6 Å². The van der Waals surface area contributed by atoms with Crippen LogP contribution >= 0.6 is 0 Å². The molecule has 1 aromatic heterocycles. The van der Waals surface area contributed by atoms with Gasteiger partial charge >= 0.3 is 0 Å². The lowest BCUT2D eigenvalue weighted by Gasteiger charge is -2.15. The van der Waals surface area contributed by atoms with E-state index in [9.17, 15) is 0 Å². The first-order valence-corrected chi connectivity index (χ1v) is 6.42. The molecule has 4 nitrogen and oxygen atoms in total. The van der Waals surface area contributed by atoms with Gasteiger partial charge in [0.25, 0.3) is 0 Å². The lowest BCUT2D eigenvalue weighted by molar-refractivity contribution is 0.465. The predicted molar refractivity (Wildman–Crippen MR) is 72.0 cm³/mol. The second-order valence-corrected chi connectivity index (χ2v) is 5.23. The molecule has 0 spiro atoms. The maximum Gasteiger partial charge on any atom is 0.0597 e. The van der Waals surface area contributed by atoms with Gasteiger partial charge < -0.3 is 10.6 Å². The van der Waals surface area contributed by atoms with Gasteiger partial charge in [0.1, 0.15) is 0 Å². The van der Waals surface area contributed by atoms with E-state index in [1.54, 1.807) is 0 Å². The number of aromatic nitrogens is 2. The summed E-state index contributed by atoms with van der Waals surface area (Å²) in [4.78, 5) is 0. The summed E-state index contributed by atoms with van der Waals surface area (Å²) < 4.78 is 1.94. The lowest BCUT2D eigenvalue weighted by atomic mass is 10.2. The van der Waals surface area contributed by atoms with E-state index in [0.29, 0.717) is 12.0 Å². The highest BCUT2D eigenvalue weighted by Crippen LogP contribution is 2.01. The minimum Gasteiger partial charge on any atom is -0.315 e. The molecule has 0 amide bonds. The third-order valence-electron chi connectivity index (χ3n) is 2.73. The fourth-order valence-corrected chi connectivity index (χ4v) is 1.77. The molecule has 1 aromatic rings. The van der Waals surface area contributed by atoms with Crippen molar-refractivity contribution in [3.63, 3.8) is 0 Å². The smallest absolute Gasteiger partial charge is 0.0597 e. The zero-order valence-corrected chi connectivity index (χ0v) is 11.7. The molecule has 0 aliphatic carbocycles. The van der Waals surface area contributed by atoms with Crippen LogP contribution in [0.4, 0.5) is 0 Å². The topological polar surface area (TPSA) is 41.9 Å². The van der Waals surface area contributed by atoms with Crippen molar-refractivity contribution < 1.29 is 0 Å². The van der Waals surface area contributed by atoms with Crippen LogP contribution in [0.15, 0.2) is 6.07 Å². The van der Waals surface area contributed by atoms with Crippen LogP contribution < -0.4 is 10.6 Å². The van der Waals surface area contributed by atoms with Gasteiger partial charge in [-0.05, 0) is 32.4 Å². The summed E-state index contributed by atoms with van der Waals surface area (Å²) in [6.07, 6.45) is 0. The van der Waals surface area contributed by atoms with Crippen molar-refractivity contribution in [3.05, 3.63) is 17.5 Å². The standard InChI is InChI=1S/C13H26N4/c1-10(2)7-14-8-12(4)15-9-13-6-11(3)16-17(13)5/h6,10,12,14-15H,7-9H2,1-5H3. The van der Waals surface area contributed by atoms with Crippen LogP contribution in [0.25, 0.3) is 0 Å². The molecular weight excluding hydrogens is 212 g/mol. The molecule has 1 rings (SSSR count). The summed E-state index contributed by atoms with van der Waals surface area (Å²) >= 11 is 0. The van der Waals surface area contributed by atoms with E-state index in [1.807, 2.05) is 18.7 Å². The van der Waals surface area contributed by atoms with E-state index in [4.69, 9.17) is 0 Å². The number of nitrogens with zero attached hydrogens (tertiary/aromatic N) is 2. The highest BCUT2D eigenvalue weighted by Gasteiger charge is 2.05. The van der Waals surface area contributed by atoms with Crippen molar-refractivity contribution in [2.75, 3.05) is 13.1 Å². The molecule has 0 aliphatic heterocycles. The molecule has 0 saturated heterocycles. The van der Waals surface area contributed by atoms with Crippen LogP contribution in [0.2, 0.25) is 0 Å². The summed E-state index contributed by atoms with van der Waals surface area (Å²) in [5, 5.41) is 11.3. The van der Waals surface area contributed by atoms with Gasteiger partial charge in [0.2, 0.25) is 0 Å². The summed E-state index contributed by atoms with van der Waals surface area (Å²) in [5.74, 6) is 0.710. The summed E-state index contributed by atoms with van der Waals surface area (Å²) in [6, 6.07) is 2.60. The highest BCUT2D eigenvalue weighted by molar-refractivity contribution is 5.08. The Hall–Kier alpha value is -0.870. The fourth-order valence-electron chi connectivity index (χ4n) is 1.77. The van der Waals surface area contributed by atoms with Gasteiger partial charge in [0.05, 0.1) is 11.4 Å². The SMILES string of the molecule is Cc1cc(CNC(C)CNCC(C)C)n(C)n1. The highest BCUT2D eigenvalue weighted by atomic mass is 15.3. The van der Waals surface area contributed by atoms with Crippen molar-refractivity contribution in [2.45, 2.75) is 40.3 Å². The molecule has 98 valence electrons. The van der Waals surface area contributed by atoms with Crippen molar-refractivity contribution in [2.24, 2.45) is 13.0 Å². The van der Waals surface area contributed by atoms with Gasteiger partial charge in [-0.15, -0.1) is 0 Å². The molecule has 1 unspecified atom stereocenters. The molecule has 0 saturated carbocycles. The third-order valence-corrected chi connectivity index (χ3v) is 2.73. The second kappa shape index (κ2) is 6.77. The van der Waals surface area contributed by atoms with Crippen molar-refractivity contribution in [1.82, 2.24) is 20.4 Å². The maximum absolute atomic E-state index is 4.34. The molecule has 0 fully saturated rings. The minimum atomic E-state index is 0.476. The normalized spacial score (nSPS) is 13.3. The minimum absolute atomic E-state index is 0.476. The molecule has 1 atom stereocenters. The summed E-state index contributed by atoms with van der Waals surface area (Å²) in [6.45, 7) is 11.6. The van der Waals surface area contributed by atoms with Crippen LogP contribution in [-0.4, -0.2) is 28.9 Å². The predicted octanol–water partition coefficient (Wildman–Crippen LogP) is 1.45. The lowest BCUT2D eigenvalue weighted by Crippen LogP contribution is -2.37. The Morgan fingerprint density at radius 3 is 2.53 bits per heavy atom. The van der Waals surface area contributed by atoms with E-state index in [0.717, 1.165) is 25.3 Å². The monoisotopic (exact) mass is 238 g/mol. The van der Waals surface area contributed by atoms with Gasteiger partial charge in [-0.1, -0.05) is 13.8 Å². The molecule has 0 radical (unpaired) electrons. The first-order valence-electron chi connectivity index (χ1n) is 6.42. The molecule has 0 aromatic carbocycles. The number of aryl methyl sites for hydroxylation is 2. The summed E-state index contributed by atoms with van der Waals surface area (Å²) in [7, 11) is 1.99. The molecule has 17 heavy (non-hydrogen) atoms. The molecule has 2 N–H and O–H groups in total. The van der Waals surface area contributed by atoms with Crippen LogP contribution in [0, 0.1) is 12.8 Å². The van der Waals surface area contributed by atoms with Gasteiger partial charge in [0, 0.05) is 26.2 Å². The van der Waals surface area contributed by atoms with E-state index in [-0.39, 0.29) is 0 Å². The van der Waals surface area contributed by atoms with Crippen molar-refractivity contribution in [3.8, 4) is 0 Å². The molecular formula is C13H26N4. The number of rotatable bonds is 7. The average molecular weight is 238 g/mol. The van der Waals surface area contributed by atoms with Crippen LogP contribution in [0.5, 0.6) is 0 Å². The number of nitrogens with one attached hydrogen (secondary N) is 2. The third kappa shape index (κ3) is 5.33.